The maximum atomic E-state index is 5.05. The van der Waals surface area contributed by atoms with E-state index in [1.165, 1.54) is 27.6 Å². The molecule has 0 amide bonds. The molecule has 1 aliphatic heterocycles. The number of benzene rings is 3. The maximum Gasteiger partial charge on any atom is 0.136 e. The van der Waals surface area contributed by atoms with Crippen LogP contribution in [0.2, 0.25) is 0 Å². The van der Waals surface area contributed by atoms with Gasteiger partial charge in [0, 0.05) is 43.0 Å². The zero-order valence-corrected chi connectivity index (χ0v) is 15.7. The molecule has 0 atom stereocenters. The van der Waals surface area contributed by atoms with Gasteiger partial charge >= 0.3 is 0 Å². The van der Waals surface area contributed by atoms with Gasteiger partial charge in [-0.25, -0.2) is 4.98 Å². The second-order valence-corrected chi connectivity index (χ2v) is 7.11. The summed E-state index contributed by atoms with van der Waals surface area (Å²) in [4.78, 5) is 11.5. The first-order chi connectivity index (χ1) is 13.9. The van der Waals surface area contributed by atoms with Gasteiger partial charge in [0.1, 0.15) is 5.84 Å². The van der Waals surface area contributed by atoms with Crippen molar-refractivity contribution in [3.05, 3.63) is 96.6 Å². The first-order valence-electron chi connectivity index (χ1n) is 9.74. The average Bonchev–Trinajstić information content (AvgIpc) is 3.35. The van der Waals surface area contributed by atoms with Crippen LogP contribution in [0.25, 0.3) is 10.8 Å². The smallest absolute Gasteiger partial charge is 0.136 e. The van der Waals surface area contributed by atoms with Crippen LogP contribution in [0.1, 0.15) is 17.5 Å². The van der Waals surface area contributed by atoms with Gasteiger partial charge in [-0.05, 0) is 23.4 Å². The second-order valence-electron chi connectivity index (χ2n) is 7.11. The predicted molar refractivity (Wildman–Crippen MR) is 115 cm³/mol. The molecule has 4 heteroatoms. The topological polar surface area (TPSA) is 33.4 Å². The van der Waals surface area contributed by atoms with E-state index in [4.69, 9.17) is 4.99 Å². The summed E-state index contributed by atoms with van der Waals surface area (Å²) in [5.74, 6) is 1.08. The van der Waals surface area contributed by atoms with Gasteiger partial charge in [-0.15, -0.1) is 0 Å². The fraction of sp³-hybridized carbons (Fsp3) is 0.167. The molecular weight excluding hydrogens is 344 g/mol. The van der Waals surface area contributed by atoms with Gasteiger partial charge in [0.2, 0.25) is 0 Å². The summed E-state index contributed by atoms with van der Waals surface area (Å²) >= 11 is 0. The van der Waals surface area contributed by atoms with Crippen molar-refractivity contribution in [3.63, 3.8) is 0 Å². The standard InChI is InChI=1S/C24H22N4/c1-2-7-19(8-3-1)17-28-22-12-5-10-20-9-4-11-21(23(20)22)24(28)26-13-6-15-27-16-14-25-18-27/h1-5,7-12,14,16,18H,6,13,15,17H2/b26-24+. The molecule has 2 heterocycles. The van der Waals surface area contributed by atoms with E-state index in [-0.39, 0.29) is 0 Å². The molecule has 0 bridgehead atoms. The maximum absolute atomic E-state index is 5.05. The van der Waals surface area contributed by atoms with Crippen molar-refractivity contribution in [2.24, 2.45) is 4.99 Å². The van der Waals surface area contributed by atoms with Crippen LogP contribution < -0.4 is 4.90 Å². The van der Waals surface area contributed by atoms with E-state index in [2.05, 4.69) is 81.2 Å². The Morgan fingerprint density at radius 3 is 2.57 bits per heavy atom. The molecule has 1 aliphatic rings. The number of anilines is 1. The van der Waals surface area contributed by atoms with Gasteiger partial charge in [-0.3, -0.25) is 4.99 Å². The largest absolute Gasteiger partial charge is 0.337 e. The Balaban J connectivity index is 1.47. The summed E-state index contributed by atoms with van der Waals surface area (Å²) in [5.41, 5.74) is 3.79. The minimum atomic E-state index is 0.795. The van der Waals surface area contributed by atoms with Crippen LogP contribution in [0.15, 0.2) is 90.4 Å². The van der Waals surface area contributed by atoms with Gasteiger partial charge in [-0.1, -0.05) is 60.7 Å². The van der Waals surface area contributed by atoms with Crippen LogP contribution in [0, 0.1) is 0 Å². The van der Waals surface area contributed by atoms with Crippen LogP contribution in [0.3, 0.4) is 0 Å². The third-order valence-electron chi connectivity index (χ3n) is 5.25. The van der Waals surface area contributed by atoms with Crippen LogP contribution in [-0.2, 0) is 13.1 Å². The number of nitrogens with zero attached hydrogens (tertiary/aromatic N) is 4. The summed E-state index contributed by atoms with van der Waals surface area (Å²) in [6.45, 7) is 2.56. The van der Waals surface area contributed by atoms with Gasteiger partial charge in [-0.2, -0.15) is 0 Å². The number of hydrogen-bond acceptors (Lipinski definition) is 2. The monoisotopic (exact) mass is 366 g/mol. The summed E-state index contributed by atoms with van der Waals surface area (Å²) in [6.07, 6.45) is 6.68. The van der Waals surface area contributed by atoms with Gasteiger partial charge in [0.15, 0.2) is 0 Å². The molecule has 0 radical (unpaired) electrons. The molecule has 0 saturated heterocycles. The summed E-state index contributed by atoms with van der Waals surface area (Å²) in [7, 11) is 0. The Morgan fingerprint density at radius 2 is 1.75 bits per heavy atom. The molecule has 0 N–H and O–H groups in total. The third-order valence-corrected chi connectivity index (χ3v) is 5.25. The lowest BCUT2D eigenvalue weighted by atomic mass is 10.1. The van der Waals surface area contributed by atoms with Crippen LogP contribution in [0.5, 0.6) is 0 Å². The molecule has 5 rings (SSSR count). The molecule has 0 fully saturated rings. The molecule has 1 aromatic heterocycles. The molecule has 3 aromatic carbocycles. The number of aryl methyl sites for hydroxylation is 1. The third kappa shape index (κ3) is 3.07. The molecular formula is C24H22N4. The van der Waals surface area contributed by atoms with E-state index < -0.39 is 0 Å². The SMILES string of the molecule is c1ccc(CN2/C(=N/CCCn3ccnc3)c3cccc4cccc2c34)cc1. The minimum Gasteiger partial charge on any atom is -0.337 e. The number of imidazole rings is 1. The van der Waals surface area contributed by atoms with E-state index >= 15 is 0 Å². The van der Waals surface area contributed by atoms with Crippen molar-refractivity contribution in [2.45, 2.75) is 19.5 Å². The number of hydrogen-bond donors (Lipinski definition) is 0. The summed E-state index contributed by atoms with van der Waals surface area (Å²) < 4.78 is 2.10. The minimum absolute atomic E-state index is 0.795. The molecule has 4 nitrogen and oxygen atoms in total. The van der Waals surface area contributed by atoms with E-state index in [0.717, 1.165) is 31.9 Å². The van der Waals surface area contributed by atoms with Crippen molar-refractivity contribution in [2.75, 3.05) is 11.4 Å². The Kier molecular flexibility index (Phi) is 4.37. The van der Waals surface area contributed by atoms with Crippen LogP contribution in [-0.4, -0.2) is 21.9 Å². The Hall–Kier alpha value is -3.40. The van der Waals surface area contributed by atoms with Gasteiger partial charge in [0.25, 0.3) is 0 Å². The second kappa shape index (κ2) is 7.31. The Bertz CT molecular complexity index is 1110. The highest BCUT2D eigenvalue weighted by atomic mass is 15.2. The van der Waals surface area contributed by atoms with Gasteiger partial charge in [0.05, 0.1) is 12.0 Å². The van der Waals surface area contributed by atoms with E-state index in [1.807, 2.05) is 18.7 Å². The molecule has 28 heavy (non-hydrogen) atoms. The number of amidine groups is 1. The highest BCUT2D eigenvalue weighted by Gasteiger charge is 2.27. The zero-order valence-electron chi connectivity index (χ0n) is 15.7. The van der Waals surface area contributed by atoms with Gasteiger partial charge < -0.3 is 9.47 Å². The van der Waals surface area contributed by atoms with Crippen molar-refractivity contribution in [1.82, 2.24) is 9.55 Å². The van der Waals surface area contributed by atoms with E-state index in [1.54, 1.807) is 0 Å². The molecule has 0 aliphatic carbocycles. The average molecular weight is 366 g/mol. The number of rotatable bonds is 6. The van der Waals surface area contributed by atoms with E-state index in [9.17, 15) is 0 Å². The summed E-state index contributed by atoms with van der Waals surface area (Å²) in [6, 6.07) is 23.7. The highest BCUT2D eigenvalue weighted by molar-refractivity contribution is 6.27. The Labute approximate surface area is 164 Å². The van der Waals surface area contributed by atoms with Crippen molar-refractivity contribution in [1.29, 1.82) is 0 Å². The molecule has 0 saturated carbocycles. The normalized spacial score (nSPS) is 14.3. The van der Waals surface area contributed by atoms with E-state index in [0.29, 0.717) is 0 Å². The number of aliphatic imine (C=N–C) groups is 1. The first kappa shape index (κ1) is 16.8. The molecule has 0 spiro atoms. The van der Waals surface area contributed by atoms with Crippen molar-refractivity contribution < 1.29 is 0 Å². The molecule has 4 aromatic rings. The van der Waals surface area contributed by atoms with Crippen molar-refractivity contribution in [3.8, 4) is 0 Å². The predicted octanol–water partition coefficient (Wildman–Crippen LogP) is 4.89. The zero-order chi connectivity index (χ0) is 18.8. The molecule has 138 valence electrons. The Morgan fingerprint density at radius 1 is 0.893 bits per heavy atom. The molecule has 0 unspecified atom stereocenters. The van der Waals surface area contributed by atoms with Crippen molar-refractivity contribution >= 4 is 22.3 Å². The fourth-order valence-electron chi connectivity index (χ4n) is 3.95. The fourth-order valence-corrected chi connectivity index (χ4v) is 3.95. The number of aromatic nitrogens is 2. The first-order valence-corrected chi connectivity index (χ1v) is 9.74. The summed E-state index contributed by atoms with van der Waals surface area (Å²) in [5, 5.41) is 2.59. The van der Waals surface area contributed by atoms with Crippen LogP contribution in [0.4, 0.5) is 5.69 Å². The lowest BCUT2D eigenvalue weighted by Crippen LogP contribution is -2.27. The lowest BCUT2D eigenvalue weighted by molar-refractivity contribution is 0.650. The lowest BCUT2D eigenvalue weighted by Gasteiger charge is -2.21. The van der Waals surface area contributed by atoms with Crippen LogP contribution >= 0.6 is 0 Å². The highest BCUT2D eigenvalue weighted by Crippen LogP contribution is 2.38. The quantitative estimate of drug-likeness (QED) is 0.455.